The van der Waals surface area contributed by atoms with Crippen molar-refractivity contribution >= 4 is 22.1 Å². The number of hydrogen-bond donors (Lipinski definition) is 0. The summed E-state index contributed by atoms with van der Waals surface area (Å²) in [6.07, 6.45) is 1.70. The predicted octanol–water partition coefficient (Wildman–Crippen LogP) is 5.52. The number of furan rings is 1. The van der Waals surface area contributed by atoms with Gasteiger partial charge in [-0.3, -0.25) is 0 Å². The van der Waals surface area contributed by atoms with Crippen molar-refractivity contribution in [1.29, 1.82) is 0 Å². The summed E-state index contributed by atoms with van der Waals surface area (Å²) in [4.78, 5) is 0. The molecule has 1 heterocycles. The van der Waals surface area contributed by atoms with Gasteiger partial charge in [0.05, 0.1) is 6.26 Å². The van der Waals surface area contributed by atoms with Gasteiger partial charge in [0.2, 0.25) is 0 Å². The molecule has 2 aromatic rings. The molecule has 0 unspecified atom stereocenters. The van der Waals surface area contributed by atoms with Crippen molar-refractivity contribution in [1.82, 2.24) is 0 Å². The normalized spacial score (nSPS) is 9.11. The average molecular weight is 412 g/mol. The van der Waals surface area contributed by atoms with E-state index >= 15 is 0 Å². The topological polar surface area (TPSA) is 13.1 Å². The third-order valence-corrected chi connectivity index (χ3v) is 2.51. The number of rotatable bonds is 2. The molecule has 0 saturated carbocycles. The Labute approximate surface area is 124 Å². The zero-order valence-corrected chi connectivity index (χ0v) is 14.5. The van der Waals surface area contributed by atoms with Crippen LogP contribution in [-0.4, -0.2) is 0 Å². The molecule has 96 valence electrons. The molecule has 0 aliphatic heterocycles. The zero-order valence-electron chi connectivity index (χ0n) is 11.5. The maximum absolute atomic E-state index is 5.37. The molecular formula is C16H20OW. The van der Waals surface area contributed by atoms with Gasteiger partial charge in [0.1, 0.15) is 5.58 Å². The van der Waals surface area contributed by atoms with Crippen LogP contribution in [0.2, 0.25) is 0 Å². The van der Waals surface area contributed by atoms with Gasteiger partial charge in [-0.15, -0.1) is 0 Å². The smallest absolute Gasteiger partial charge is 0.134 e. The molecule has 0 aliphatic carbocycles. The summed E-state index contributed by atoms with van der Waals surface area (Å²) in [7, 11) is 0. The molecule has 0 saturated heterocycles. The van der Waals surface area contributed by atoms with Crippen LogP contribution in [-0.2, 0) is 21.1 Å². The van der Waals surface area contributed by atoms with E-state index in [1.54, 1.807) is 6.26 Å². The summed E-state index contributed by atoms with van der Waals surface area (Å²) in [5.41, 5.74) is 5.25. The first kappa shape index (κ1) is 16.9. The van der Waals surface area contributed by atoms with Crippen molar-refractivity contribution in [3.8, 4) is 0 Å². The monoisotopic (exact) mass is 412 g/mol. The molecular weight excluding hydrogens is 392 g/mol. The SMILES string of the molecule is C=C(C)c1cc2ccoc2cc1C(=C)C.CC.[W]. The van der Waals surface area contributed by atoms with Gasteiger partial charge in [0, 0.05) is 26.5 Å². The van der Waals surface area contributed by atoms with E-state index in [2.05, 4.69) is 19.2 Å². The average Bonchev–Trinajstić information content (AvgIpc) is 2.76. The summed E-state index contributed by atoms with van der Waals surface area (Å²) >= 11 is 0. The van der Waals surface area contributed by atoms with Gasteiger partial charge in [0.15, 0.2) is 0 Å². The van der Waals surface area contributed by atoms with Crippen LogP contribution in [0, 0.1) is 0 Å². The second kappa shape index (κ2) is 7.38. The van der Waals surface area contributed by atoms with E-state index in [1.165, 1.54) is 0 Å². The molecule has 2 rings (SSSR count). The van der Waals surface area contributed by atoms with Gasteiger partial charge in [-0.1, -0.05) is 38.2 Å². The standard InChI is InChI=1S/C14H14O.C2H6.W/c1-9(2)12-7-11-5-6-15-14(11)8-13(12)10(3)4;1-2;/h5-8H,1,3H2,2,4H3;1-2H3;. The minimum absolute atomic E-state index is 0. The summed E-state index contributed by atoms with van der Waals surface area (Å²) in [6.45, 7) is 16.0. The Morgan fingerprint density at radius 2 is 1.50 bits per heavy atom. The molecule has 0 bridgehead atoms. The fraction of sp³-hybridized carbons (Fsp3) is 0.250. The Kier molecular flexibility index (Phi) is 6.94. The molecule has 1 nitrogen and oxygen atoms in total. The number of fused-ring (bicyclic) bond motifs is 1. The molecule has 0 fully saturated rings. The quantitative estimate of drug-likeness (QED) is 0.633. The van der Waals surface area contributed by atoms with Gasteiger partial charge < -0.3 is 4.42 Å². The molecule has 0 radical (unpaired) electrons. The summed E-state index contributed by atoms with van der Waals surface area (Å²) in [6, 6.07) is 6.09. The molecule has 2 heteroatoms. The maximum atomic E-state index is 5.37. The predicted molar refractivity (Wildman–Crippen MR) is 77.0 cm³/mol. The second-order valence-electron chi connectivity index (χ2n) is 3.92. The van der Waals surface area contributed by atoms with E-state index in [9.17, 15) is 0 Å². The van der Waals surface area contributed by atoms with Crippen molar-refractivity contribution in [2.75, 3.05) is 0 Å². The molecule has 18 heavy (non-hydrogen) atoms. The summed E-state index contributed by atoms with van der Waals surface area (Å²) < 4.78 is 5.37. The minimum Gasteiger partial charge on any atom is -0.464 e. The molecule has 0 N–H and O–H groups in total. The minimum atomic E-state index is 0. The van der Waals surface area contributed by atoms with Crippen LogP contribution in [0.15, 0.2) is 42.0 Å². The van der Waals surface area contributed by atoms with Gasteiger partial charge in [0.25, 0.3) is 0 Å². The Bertz CT molecular complexity index is 501. The fourth-order valence-electron chi connectivity index (χ4n) is 1.72. The summed E-state index contributed by atoms with van der Waals surface area (Å²) in [5, 5.41) is 1.11. The van der Waals surface area contributed by atoms with E-state index in [0.717, 1.165) is 33.2 Å². The third-order valence-electron chi connectivity index (χ3n) is 2.51. The first-order chi connectivity index (χ1) is 8.09. The molecule has 0 aliphatic rings. The number of allylic oxidation sites excluding steroid dienone is 2. The van der Waals surface area contributed by atoms with Crippen molar-refractivity contribution in [2.45, 2.75) is 27.7 Å². The maximum Gasteiger partial charge on any atom is 0.134 e. The van der Waals surface area contributed by atoms with Crippen molar-refractivity contribution < 1.29 is 25.5 Å². The summed E-state index contributed by atoms with van der Waals surface area (Å²) in [5.74, 6) is 0. The van der Waals surface area contributed by atoms with Crippen LogP contribution < -0.4 is 0 Å². The fourth-order valence-corrected chi connectivity index (χ4v) is 1.72. The first-order valence-corrected chi connectivity index (χ1v) is 5.92. The van der Waals surface area contributed by atoms with E-state index in [0.29, 0.717) is 0 Å². The third kappa shape index (κ3) is 3.46. The Balaban J connectivity index is 0.000000917. The molecule has 1 aromatic carbocycles. The molecule has 0 atom stereocenters. The van der Waals surface area contributed by atoms with E-state index in [1.807, 2.05) is 39.8 Å². The van der Waals surface area contributed by atoms with Gasteiger partial charge in [-0.2, -0.15) is 0 Å². The van der Waals surface area contributed by atoms with Crippen LogP contribution in [0.3, 0.4) is 0 Å². The molecule has 0 spiro atoms. The Hall–Kier alpha value is -1.07. The van der Waals surface area contributed by atoms with Crippen LogP contribution in [0.1, 0.15) is 38.8 Å². The van der Waals surface area contributed by atoms with Gasteiger partial charge in [-0.25, -0.2) is 0 Å². The Morgan fingerprint density at radius 1 is 1.00 bits per heavy atom. The van der Waals surface area contributed by atoms with Crippen molar-refractivity contribution in [2.24, 2.45) is 0 Å². The molecule has 1 aromatic heterocycles. The van der Waals surface area contributed by atoms with Crippen LogP contribution in [0.4, 0.5) is 0 Å². The van der Waals surface area contributed by atoms with Gasteiger partial charge >= 0.3 is 0 Å². The first-order valence-electron chi connectivity index (χ1n) is 5.92. The zero-order chi connectivity index (χ0) is 13.0. The largest absolute Gasteiger partial charge is 0.464 e. The van der Waals surface area contributed by atoms with Crippen molar-refractivity contribution in [3.63, 3.8) is 0 Å². The second-order valence-corrected chi connectivity index (χ2v) is 3.92. The molecule has 0 amide bonds. The Morgan fingerprint density at radius 3 is 2.00 bits per heavy atom. The van der Waals surface area contributed by atoms with E-state index < -0.39 is 0 Å². The van der Waals surface area contributed by atoms with Gasteiger partial charge in [-0.05, 0) is 43.2 Å². The number of benzene rings is 1. The van der Waals surface area contributed by atoms with Crippen molar-refractivity contribution in [3.05, 3.63) is 48.7 Å². The van der Waals surface area contributed by atoms with E-state index in [4.69, 9.17) is 4.42 Å². The van der Waals surface area contributed by atoms with E-state index in [-0.39, 0.29) is 21.1 Å². The van der Waals surface area contributed by atoms with Crippen LogP contribution in [0.25, 0.3) is 22.1 Å². The number of hydrogen-bond acceptors (Lipinski definition) is 1. The van der Waals surface area contributed by atoms with Crippen LogP contribution >= 0.6 is 0 Å². The van der Waals surface area contributed by atoms with Crippen LogP contribution in [0.5, 0.6) is 0 Å².